The van der Waals surface area contributed by atoms with E-state index in [1.54, 1.807) is 25.1 Å². The van der Waals surface area contributed by atoms with Crippen molar-refractivity contribution in [3.8, 4) is 0 Å². The van der Waals surface area contributed by atoms with Gasteiger partial charge in [0.25, 0.3) is 10.0 Å². The number of nitrogens with zero attached hydrogens (tertiary/aromatic N) is 2. The molecular weight excluding hydrogens is 591 g/mol. The SMILES string of the molecule is CCCNC(=O)[C@@H](CC)N(Cc1cccc(C)c1)C(=O)CN(c1ccc(Cl)c(C(F)(F)F)c1)S(=O)(=O)c1ccccc1. The van der Waals surface area contributed by atoms with Crippen molar-refractivity contribution >= 4 is 39.1 Å². The molecule has 0 fully saturated rings. The van der Waals surface area contributed by atoms with Crippen LogP contribution >= 0.6 is 11.6 Å². The van der Waals surface area contributed by atoms with Crippen LogP contribution in [0.15, 0.2) is 77.7 Å². The Morgan fingerprint density at radius 2 is 1.67 bits per heavy atom. The number of hydrogen-bond donors (Lipinski definition) is 1. The van der Waals surface area contributed by atoms with E-state index in [1.165, 1.54) is 29.2 Å². The van der Waals surface area contributed by atoms with Crippen molar-refractivity contribution in [1.29, 1.82) is 0 Å². The van der Waals surface area contributed by atoms with Gasteiger partial charge in [-0.15, -0.1) is 0 Å². The lowest BCUT2D eigenvalue weighted by Crippen LogP contribution is -2.52. The van der Waals surface area contributed by atoms with Crippen molar-refractivity contribution < 1.29 is 31.2 Å². The molecule has 12 heteroatoms. The number of rotatable bonds is 12. The standard InChI is InChI=1S/C30H33ClF3N3O4S/c1-4-16-35-29(39)27(5-2)36(19-22-11-9-10-21(3)17-22)28(38)20-37(42(40,41)24-12-7-6-8-13-24)23-14-15-26(31)25(18-23)30(32,33)34/h6-15,17-18,27H,4-5,16,19-20H2,1-3H3,(H,35,39)/t27-/m1/s1. The highest BCUT2D eigenvalue weighted by Crippen LogP contribution is 2.38. The summed E-state index contributed by atoms with van der Waals surface area (Å²) in [5.74, 6) is -1.18. The normalized spacial score (nSPS) is 12.5. The molecule has 1 atom stereocenters. The molecule has 226 valence electrons. The molecule has 0 saturated carbocycles. The lowest BCUT2D eigenvalue weighted by molar-refractivity contribution is -0.140. The number of hydrogen-bond acceptors (Lipinski definition) is 4. The average molecular weight is 624 g/mol. The maximum atomic E-state index is 14.0. The van der Waals surface area contributed by atoms with E-state index in [4.69, 9.17) is 11.6 Å². The third-order valence-corrected chi connectivity index (χ3v) is 8.64. The second-order valence-corrected chi connectivity index (χ2v) is 12.0. The van der Waals surface area contributed by atoms with E-state index in [-0.39, 0.29) is 17.9 Å². The Morgan fingerprint density at radius 1 is 0.976 bits per heavy atom. The third-order valence-electron chi connectivity index (χ3n) is 6.52. The summed E-state index contributed by atoms with van der Waals surface area (Å²) in [5.41, 5.74) is -0.0294. The summed E-state index contributed by atoms with van der Waals surface area (Å²) in [4.78, 5) is 28.2. The summed E-state index contributed by atoms with van der Waals surface area (Å²) >= 11 is 5.81. The van der Waals surface area contributed by atoms with Gasteiger partial charge in [0, 0.05) is 13.1 Å². The van der Waals surface area contributed by atoms with Crippen molar-refractivity contribution in [1.82, 2.24) is 10.2 Å². The molecule has 3 rings (SSSR count). The lowest BCUT2D eigenvalue weighted by atomic mass is 10.1. The molecule has 42 heavy (non-hydrogen) atoms. The van der Waals surface area contributed by atoms with Crippen molar-refractivity contribution in [2.24, 2.45) is 0 Å². The van der Waals surface area contributed by atoms with Crippen LogP contribution in [-0.2, 0) is 32.3 Å². The molecule has 7 nitrogen and oxygen atoms in total. The van der Waals surface area contributed by atoms with E-state index in [0.717, 1.165) is 17.7 Å². The van der Waals surface area contributed by atoms with Crippen molar-refractivity contribution in [3.05, 3.63) is 94.5 Å². The number of sulfonamides is 1. The molecule has 0 radical (unpaired) electrons. The first-order chi connectivity index (χ1) is 19.8. The molecule has 0 aliphatic carbocycles. The molecule has 0 bridgehead atoms. The summed E-state index contributed by atoms with van der Waals surface area (Å²) in [5, 5.41) is 2.17. The second-order valence-electron chi connectivity index (χ2n) is 9.71. The van der Waals surface area contributed by atoms with Crippen molar-refractivity contribution in [3.63, 3.8) is 0 Å². The first-order valence-corrected chi connectivity index (χ1v) is 15.2. The monoisotopic (exact) mass is 623 g/mol. The van der Waals surface area contributed by atoms with Gasteiger partial charge in [-0.1, -0.05) is 73.5 Å². The van der Waals surface area contributed by atoms with Crippen LogP contribution in [0.4, 0.5) is 18.9 Å². The quantitative estimate of drug-likeness (QED) is 0.260. The minimum Gasteiger partial charge on any atom is -0.354 e. The summed E-state index contributed by atoms with van der Waals surface area (Å²) in [6.45, 7) is 4.96. The number of amides is 2. The Bertz CT molecular complexity index is 1500. The topological polar surface area (TPSA) is 86.8 Å². The van der Waals surface area contributed by atoms with E-state index >= 15 is 0 Å². The zero-order valence-electron chi connectivity index (χ0n) is 23.5. The van der Waals surface area contributed by atoms with Crippen LogP contribution in [0.3, 0.4) is 0 Å². The van der Waals surface area contributed by atoms with Gasteiger partial charge in [-0.25, -0.2) is 8.42 Å². The zero-order chi connectivity index (χ0) is 31.1. The number of benzene rings is 3. The largest absolute Gasteiger partial charge is 0.417 e. The summed E-state index contributed by atoms with van der Waals surface area (Å²) in [7, 11) is -4.53. The number of anilines is 1. The van der Waals surface area contributed by atoms with Crippen LogP contribution in [-0.4, -0.2) is 44.3 Å². The first kappa shape index (κ1) is 32.9. The van der Waals surface area contributed by atoms with Crippen LogP contribution in [0.1, 0.15) is 43.4 Å². The van der Waals surface area contributed by atoms with Crippen molar-refractivity contribution in [2.75, 3.05) is 17.4 Å². The number of halogens is 4. The maximum Gasteiger partial charge on any atom is 0.417 e. The highest BCUT2D eigenvalue weighted by atomic mass is 35.5. The number of alkyl halides is 3. The van der Waals surface area contributed by atoms with Gasteiger partial charge in [-0.3, -0.25) is 13.9 Å². The minimum absolute atomic E-state index is 0.0216. The molecular formula is C30H33ClF3N3O4S. The highest BCUT2D eigenvalue weighted by Gasteiger charge is 2.37. The number of carbonyl (C=O) groups is 2. The van der Waals surface area contributed by atoms with E-state index in [1.807, 2.05) is 26.0 Å². The molecule has 0 spiro atoms. The third kappa shape index (κ3) is 8.04. The van der Waals surface area contributed by atoms with Crippen LogP contribution in [0.2, 0.25) is 5.02 Å². The summed E-state index contributed by atoms with van der Waals surface area (Å²) < 4.78 is 69.5. The molecule has 0 heterocycles. The molecule has 0 saturated heterocycles. The van der Waals surface area contributed by atoms with Gasteiger partial charge in [0.1, 0.15) is 12.6 Å². The molecule has 0 aliphatic heterocycles. The zero-order valence-corrected chi connectivity index (χ0v) is 25.1. The van der Waals surface area contributed by atoms with Gasteiger partial charge in [0.15, 0.2) is 0 Å². The van der Waals surface area contributed by atoms with Crippen LogP contribution < -0.4 is 9.62 Å². The van der Waals surface area contributed by atoms with Crippen LogP contribution in [0, 0.1) is 6.92 Å². The number of nitrogens with one attached hydrogen (secondary N) is 1. The average Bonchev–Trinajstić information content (AvgIpc) is 2.94. The predicted molar refractivity (Wildman–Crippen MR) is 157 cm³/mol. The van der Waals surface area contributed by atoms with E-state index in [2.05, 4.69) is 5.32 Å². The summed E-state index contributed by atoms with van der Waals surface area (Å²) in [6.07, 6.45) is -3.99. The Morgan fingerprint density at radius 3 is 2.26 bits per heavy atom. The van der Waals surface area contributed by atoms with Gasteiger partial charge in [-0.05, 0) is 55.7 Å². The van der Waals surface area contributed by atoms with Crippen molar-refractivity contribution in [2.45, 2.75) is 57.3 Å². The van der Waals surface area contributed by atoms with Gasteiger partial charge in [0.2, 0.25) is 11.8 Å². The fourth-order valence-electron chi connectivity index (χ4n) is 4.43. The Balaban J connectivity index is 2.13. The molecule has 2 amide bonds. The van der Waals surface area contributed by atoms with Gasteiger partial charge in [-0.2, -0.15) is 13.2 Å². The second kappa shape index (κ2) is 14.1. The smallest absolute Gasteiger partial charge is 0.354 e. The molecule has 1 N–H and O–H groups in total. The molecule has 0 unspecified atom stereocenters. The highest BCUT2D eigenvalue weighted by molar-refractivity contribution is 7.92. The fraction of sp³-hybridized carbons (Fsp3) is 0.333. The Hall–Kier alpha value is -3.57. The number of aryl methyl sites for hydroxylation is 1. The van der Waals surface area contributed by atoms with E-state index in [9.17, 15) is 31.2 Å². The van der Waals surface area contributed by atoms with Crippen LogP contribution in [0.5, 0.6) is 0 Å². The van der Waals surface area contributed by atoms with Gasteiger partial charge < -0.3 is 10.2 Å². The Kier molecular flexibility index (Phi) is 11.0. The minimum atomic E-state index is -4.87. The molecule has 0 aromatic heterocycles. The number of carbonyl (C=O) groups excluding carboxylic acids is 2. The first-order valence-electron chi connectivity index (χ1n) is 13.4. The van der Waals surface area contributed by atoms with Gasteiger partial charge in [0.05, 0.1) is 21.2 Å². The summed E-state index contributed by atoms with van der Waals surface area (Å²) in [6, 6.07) is 16.1. The van der Waals surface area contributed by atoms with E-state index < -0.39 is 56.9 Å². The molecule has 3 aromatic carbocycles. The molecule has 0 aliphatic rings. The van der Waals surface area contributed by atoms with Gasteiger partial charge >= 0.3 is 6.18 Å². The Labute approximate surface area is 249 Å². The van der Waals surface area contributed by atoms with Crippen LogP contribution in [0.25, 0.3) is 0 Å². The maximum absolute atomic E-state index is 14.0. The fourth-order valence-corrected chi connectivity index (χ4v) is 6.08. The predicted octanol–water partition coefficient (Wildman–Crippen LogP) is 6.20. The molecule has 3 aromatic rings. The van der Waals surface area contributed by atoms with E-state index in [0.29, 0.717) is 28.9 Å². The lowest BCUT2D eigenvalue weighted by Gasteiger charge is -2.33.